The van der Waals surface area contributed by atoms with Crippen molar-refractivity contribution in [3.05, 3.63) is 158 Å². The molecule has 0 unspecified atom stereocenters. The third-order valence-corrected chi connectivity index (χ3v) is 15.6. The Balaban J connectivity index is 1.43. The van der Waals surface area contributed by atoms with Gasteiger partial charge < -0.3 is 0 Å². The topological polar surface area (TPSA) is 0 Å². The minimum Gasteiger partial charge on any atom is -0.203 e. The molecule has 0 aliphatic carbocycles. The molecule has 0 amide bonds. The van der Waals surface area contributed by atoms with Crippen LogP contribution in [0.3, 0.4) is 0 Å². The van der Waals surface area contributed by atoms with Crippen LogP contribution in [0.4, 0.5) is 105 Å². The van der Waals surface area contributed by atoms with Gasteiger partial charge >= 0.3 is 0 Å². The average molecular weight is 1200 g/mol. The fourth-order valence-electron chi connectivity index (χ4n) is 6.87. The highest BCUT2D eigenvalue weighted by molar-refractivity contribution is 8.01. The Morgan fingerprint density at radius 2 is 0.307 bits per heavy atom. The van der Waals surface area contributed by atoms with E-state index in [-0.39, 0.29) is 35.3 Å². The van der Waals surface area contributed by atoms with Gasteiger partial charge in [0.1, 0.15) is 0 Å². The van der Waals surface area contributed by atoms with Crippen molar-refractivity contribution in [2.75, 3.05) is 18.8 Å². The molecular formula is C45H12F24S6. The summed E-state index contributed by atoms with van der Waals surface area (Å²) in [6.45, 7) is 0. The van der Waals surface area contributed by atoms with Crippen molar-refractivity contribution in [2.24, 2.45) is 0 Å². The van der Waals surface area contributed by atoms with Gasteiger partial charge in [-0.15, -0.1) is 35.3 Å². The molecule has 396 valence electrons. The van der Waals surface area contributed by atoms with Gasteiger partial charge in [0.15, 0.2) is 140 Å². The van der Waals surface area contributed by atoms with E-state index in [0.29, 0.717) is 18.2 Å². The van der Waals surface area contributed by atoms with Crippen molar-refractivity contribution < 1.29 is 105 Å². The minimum atomic E-state index is -2.78. The Bertz CT molecular complexity index is 3050. The first-order chi connectivity index (χ1) is 35.1. The summed E-state index contributed by atoms with van der Waals surface area (Å²) < 4.78 is 367. The summed E-state index contributed by atoms with van der Waals surface area (Å²) in [4.78, 5) is -13.1. The zero-order valence-corrected chi connectivity index (χ0v) is 40.7. The molecule has 75 heavy (non-hydrogen) atoms. The largest absolute Gasteiger partial charge is 0.203 e. The molecular weight excluding hydrogens is 1190 g/mol. The smallest absolute Gasteiger partial charge is 0.176 e. The zero-order chi connectivity index (χ0) is 55.9. The predicted molar refractivity (Wildman–Crippen MR) is 229 cm³/mol. The quantitative estimate of drug-likeness (QED) is 0.0674. The van der Waals surface area contributed by atoms with Crippen LogP contribution in [0.1, 0.15) is 0 Å². The van der Waals surface area contributed by atoms with Crippen molar-refractivity contribution in [3.63, 3.8) is 0 Å². The molecule has 0 N–H and O–H groups in total. The maximum atomic E-state index is 15.8. The molecule has 0 radical (unpaired) electrons. The molecule has 7 rings (SSSR count). The van der Waals surface area contributed by atoms with Crippen LogP contribution in [-0.4, -0.2) is 18.8 Å². The summed E-state index contributed by atoms with van der Waals surface area (Å²) in [7, 11) is 0. The van der Waals surface area contributed by atoms with E-state index in [0.717, 1.165) is 18.8 Å². The second kappa shape index (κ2) is 21.8. The number of halogens is 24. The van der Waals surface area contributed by atoms with Crippen molar-refractivity contribution in [1.82, 2.24) is 0 Å². The second-order valence-corrected chi connectivity index (χ2v) is 20.0. The number of rotatable bonds is 12. The molecule has 7 aromatic carbocycles. The van der Waals surface area contributed by atoms with Gasteiger partial charge in [0, 0.05) is 14.7 Å². The van der Waals surface area contributed by atoms with E-state index in [4.69, 9.17) is 0 Å². The third-order valence-electron chi connectivity index (χ3n) is 10.2. The maximum Gasteiger partial charge on any atom is 0.176 e. The van der Waals surface area contributed by atoms with Gasteiger partial charge in [0.05, 0.1) is 62.8 Å². The van der Waals surface area contributed by atoms with Gasteiger partial charge in [-0.2, -0.15) is 0 Å². The summed E-state index contributed by atoms with van der Waals surface area (Å²) in [5.74, 6) is -61.6. The van der Waals surface area contributed by atoms with Crippen LogP contribution >= 0.6 is 70.6 Å². The van der Waals surface area contributed by atoms with Crippen LogP contribution in [0.15, 0.2) is 62.3 Å². The van der Waals surface area contributed by atoms with Crippen LogP contribution < -0.4 is 0 Å². The lowest BCUT2D eigenvalue weighted by Crippen LogP contribution is -2.09. The van der Waals surface area contributed by atoms with Crippen LogP contribution in [0.25, 0.3) is 33.4 Å². The Labute approximate surface area is 428 Å². The van der Waals surface area contributed by atoms with Gasteiger partial charge in [-0.1, -0.05) is 35.3 Å². The van der Waals surface area contributed by atoms with E-state index in [1.165, 1.54) is 0 Å². The normalized spacial score (nSPS) is 11.7. The summed E-state index contributed by atoms with van der Waals surface area (Å²) in [5, 5.41) is 0. The van der Waals surface area contributed by atoms with E-state index < -0.39 is 252 Å². The molecule has 0 aliphatic heterocycles. The lowest BCUT2D eigenvalue weighted by molar-refractivity contribution is 0.415. The lowest BCUT2D eigenvalue weighted by atomic mass is 10.0. The zero-order valence-electron chi connectivity index (χ0n) is 35.8. The van der Waals surface area contributed by atoms with Gasteiger partial charge in [0.25, 0.3) is 0 Å². The summed E-state index contributed by atoms with van der Waals surface area (Å²) in [5.41, 5.74) is -14.1. The van der Waals surface area contributed by atoms with E-state index in [2.05, 4.69) is 0 Å². The Morgan fingerprint density at radius 3 is 0.427 bits per heavy atom. The SMILES string of the molecule is CSc1c(F)c(F)c(-c2c(F)c(F)c(Sc3cc(Sc4c(F)c(F)c(-c5c(F)c(F)c(SC)c(F)c5F)c(F)c4F)cc(Sc4c(F)c(F)c(-c5c(F)c(F)c(SC)c(F)c5F)c(F)c4F)c3)c(F)c2F)c(F)c1F. The molecule has 30 heteroatoms. The molecule has 0 bridgehead atoms. The highest BCUT2D eigenvalue weighted by atomic mass is 32.2. The van der Waals surface area contributed by atoms with Crippen molar-refractivity contribution >= 4 is 70.6 Å². The molecule has 0 atom stereocenters. The molecule has 0 nitrogen and oxygen atoms in total. The van der Waals surface area contributed by atoms with Gasteiger partial charge in [-0.25, -0.2) is 105 Å². The number of benzene rings is 7. The molecule has 0 aromatic heterocycles. The standard InChI is InChI=1S/C45H12F24S6/c1-70-40-28(58)16(46)10(17(47)29(40)59)13-22(52)34(64)43(35(65)23(13)53)73-7-4-8(74-44-36(66)24(54)14(25(55)37(44)67)11-18(48)30(60)41(71-2)31(61)19(11)49)6-9(5-7)75-45-38(68)26(56)15(27(57)39(45)69)12-20(50)32(62)42(72-3)33(63)21(12)51/h4-6H,1-3H3. The fraction of sp³-hybridized carbons (Fsp3) is 0.0667. The van der Waals surface area contributed by atoms with E-state index in [9.17, 15) is 26.3 Å². The highest BCUT2D eigenvalue weighted by Gasteiger charge is 2.38. The summed E-state index contributed by atoms with van der Waals surface area (Å²) >= 11 is -1.62. The molecule has 0 saturated heterocycles. The Morgan fingerprint density at radius 1 is 0.187 bits per heavy atom. The van der Waals surface area contributed by atoms with E-state index in [1.54, 1.807) is 0 Å². The molecule has 0 heterocycles. The van der Waals surface area contributed by atoms with Crippen LogP contribution in [0.5, 0.6) is 0 Å². The van der Waals surface area contributed by atoms with Crippen LogP contribution in [0, 0.1) is 140 Å². The Kier molecular flexibility index (Phi) is 16.7. The number of thioether (sulfide) groups is 3. The minimum absolute atomic E-state index is 0.0509. The average Bonchev–Trinajstić information content (AvgIpc) is 3.37. The van der Waals surface area contributed by atoms with Gasteiger partial charge in [0.2, 0.25) is 0 Å². The van der Waals surface area contributed by atoms with Crippen molar-refractivity contribution in [2.45, 2.75) is 44.1 Å². The Hall–Kier alpha value is -5.04. The van der Waals surface area contributed by atoms with Crippen LogP contribution in [-0.2, 0) is 0 Å². The molecule has 0 spiro atoms. The summed E-state index contributed by atoms with van der Waals surface area (Å²) in [6, 6.07) is 1.18. The van der Waals surface area contributed by atoms with E-state index in [1.807, 2.05) is 0 Å². The molecule has 7 aromatic rings. The first kappa shape index (κ1) is 57.7. The first-order valence-electron chi connectivity index (χ1n) is 19.1. The van der Waals surface area contributed by atoms with Crippen molar-refractivity contribution in [1.29, 1.82) is 0 Å². The van der Waals surface area contributed by atoms with E-state index >= 15 is 79.0 Å². The first-order valence-corrected chi connectivity index (χ1v) is 25.2. The predicted octanol–water partition coefficient (Wildman–Crippen LogP) is 18.6. The highest BCUT2D eigenvalue weighted by Crippen LogP contribution is 2.49. The molecule has 0 aliphatic rings. The van der Waals surface area contributed by atoms with Gasteiger partial charge in [-0.05, 0) is 37.0 Å². The second-order valence-electron chi connectivity index (χ2n) is 14.3. The van der Waals surface area contributed by atoms with Crippen molar-refractivity contribution in [3.8, 4) is 33.4 Å². The van der Waals surface area contributed by atoms with Crippen LogP contribution in [0.2, 0.25) is 0 Å². The molecule has 0 fully saturated rings. The maximum absolute atomic E-state index is 15.8. The molecule has 0 saturated carbocycles. The summed E-state index contributed by atoms with van der Waals surface area (Å²) in [6.07, 6.45) is 2.70. The lowest BCUT2D eigenvalue weighted by Gasteiger charge is -2.17. The number of hydrogen-bond donors (Lipinski definition) is 0. The monoisotopic (exact) mass is 1200 g/mol. The fourth-order valence-corrected chi connectivity index (χ4v) is 11.6. The third kappa shape index (κ3) is 9.44. The number of hydrogen-bond acceptors (Lipinski definition) is 6. The van der Waals surface area contributed by atoms with Gasteiger partial charge in [-0.3, -0.25) is 0 Å².